The fraction of sp³-hybridized carbons (Fsp3) is 0.450. The summed E-state index contributed by atoms with van der Waals surface area (Å²) in [5.74, 6) is 1.82. The van der Waals surface area contributed by atoms with Crippen LogP contribution in [0.3, 0.4) is 0 Å². The van der Waals surface area contributed by atoms with Crippen molar-refractivity contribution in [1.29, 1.82) is 0 Å². The van der Waals surface area contributed by atoms with Crippen molar-refractivity contribution in [3.05, 3.63) is 43.1 Å². The van der Waals surface area contributed by atoms with Crippen LogP contribution in [0, 0.1) is 11.8 Å². The second kappa shape index (κ2) is 6.49. The van der Waals surface area contributed by atoms with E-state index in [-0.39, 0.29) is 12.1 Å². The summed E-state index contributed by atoms with van der Waals surface area (Å²) in [7, 11) is 2.03. The third-order valence-corrected chi connectivity index (χ3v) is 6.12. The van der Waals surface area contributed by atoms with Crippen LogP contribution in [-0.2, 0) is 7.05 Å². The van der Waals surface area contributed by atoms with E-state index in [0.717, 1.165) is 37.4 Å². The number of hydrogen-bond donors (Lipinski definition) is 2. The highest BCUT2D eigenvalue weighted by molar-refractivity contribution is 5.90. The van der Waals surface area contributed by atoms with Gasteiger partial charge in [-0.2, -0.15) is 0 Å². The first-order valence-electron chi connectivity index (χ1n) is 9.54. The van der Waals surface area contributed by atoms with E-state index in [1.54, 1.807) is 18.6 Å². The number of aliphatic hydroxyl groups is 1. The number of aromatic nitrogens is 4. The number of aliphatic hydroxyl groups excluding tert-OH is 1. The molecule has 2 N–H and O–H groups in total. The standard InChI is InChI=1S/C20H24N6O/c1-25-7-3-15-17(2-4-23-20(15)25)26-11-13-8-16(18(27)9-14(13)12-26)24-19-10-21-5-6-22-19/h2-7,10,13-14,16,18,27H,8-9,11-12H2,1H3,(H,22,24)/t13-,14+,16-,18-/m1/s1. The summed E-state index contributed by atoms with van der Waals surface area (Å²) >= 11 is 0. The van der Waals surface area contributed by atoms with E-state index in [0.29, 0.717) is 11.8 Å². The molecule has 0 radical (unpaired) electrons. The van der Waals surface area contributed by atoms with Gasteiger partial charge < -0.3 is 19.9 Å². The second-order valence-corrected chi connectivity index (χ2v) is 7.80. The highest BCUT2D eigenvalue weighted by atomic mass is 16.3. The molecule has 4 atom stereocenters. The summed E-state index contributed by atoms with van der Waals surface area (Å²) < 4.78 is 2.06. The van der Waals surface area contributed by atoms with E-state index < -0.39 is 0 Å². The van der Waals surface area contributed by atoms with Crippen molar-refractivity contribution >= 4 is 22.5 Å². The number of nitrogens with one attached hydrogen (secondary N) is 1. The van der Waals surface area contributed by atoms with E-state index in [2.05, 4.69) is 48.1 Å². The molecule has 3 aromatic heterocycles. The Morgan fingerprint density at radius 2 is 1.93 bits per heavy atom. The van der Waals surface area contributed by atoms with Crippen molar-refractivity contribution in [3.63, 3.8) is 0 Å². The molecule has 2 aliphatic rings. The molecule has 1 saturated heterocycles. The maximum atomic E-state index is 10.7. The first-order chi connectivity index (χ1) is 13.2. The number of hydrogen-bond acceptors (Lipinski definition) is 6. The van der Waals surface area contributed by atoms with E-state index in [9.17, 15) is 5.11 Å². The Morgan fingerprint density at radius 3 is 2.74 bits per heavy atom. The monoisotopic (exact) mass is 364 g/mol. The van der Waals surface area contributed by atoms with Crippen molar-refractivity contribution < 1.29 is 5.11 Å². The fourth-order valence-corrected chi connectivity index (χ4v) is 4.77. The molecule has 7 nitrogen and oxygen atoms in total. The molecule has 3 aromatic rings. The lowest BCUT2D eigenvalue weighted by molar-refractivity contribution is 0.0737. The van der Waals surface area contributed by atoms with Crippen LogP contribution in [-0.4, -0.2) is 49.9 Å². The highest BCUT2D eigenvalue weighted by Crippen LogP contribution is 2.40. The number of pyridine rings is 1. The summed E-state index contributed by atoms with van der Waals surface area (Å²) in [4.78, 5) is 15.4. The lowest BCUT2D eigenvalue weighted by Gasteiger charge is -2.35. The summed E-state index contributed by atoms with van der Waals surface area (Å²) in [6.07, 6.45) is 10.4. The molecule has 0 amide bonds. The van der Waals surface area contributed by atoms with Gasteiger partial charge in [0.05, 0.1) is 18.3 Å². The van der Waals surface area contributed by atoms with E-state index in [1.165, 1.54) is 11.1 Å². The molecule has 140 valence electrons. The zero-order valence-corrected chi connectivity index (χ0v) is 15.4. The van der Waals surface area contributed by atoms with Gasteiger partial charge >= 0.3 is 0 Å². The summed E-state index contributed by atoms with van der Waals surface area (Å²) in [6, 6.07) is 4.29. The van der Waals surface area contributed by atoms with Crippen LogP contribution in [0.1, 0.15) is 12.8 Å². The number of nitrogens with zero attached hydrogens (tertiary/aromatic N) is 5. The molecule has 1 aliphatic heterocycles. The van der Waals surface area contributed by atoms with Crippen molar-refractivity contribution in [2.24, 2.45) is 18.9 Å². The van der Waals surface area contributed by atoms with E-state index in [1.807, 2.05) is 13.2 Å². The van der Waals surface area contributed by atoms with Crippen molar-refractivity contribution in [3.8, 4) is 0 Å². The van der Waals surface area contributed by atoms with Gasteiger partial charge in [-0.15, -0.1) is 0 Å². The minimum absolute atomic E-state index is 0.0251. The Labute approximate surface area is 158 Å². The van der Waals surface area contributed by atoms with Gasteiger partial charge in [0.15, 0.2) is 0 Å². The summed E-state index contributed by atoms with van der Waals surface area (Å²) in [6.45, 7) is 2.01. The second-order valence-electron chi connectivity index (χ2n) is 7.80. The molecule has 1 aliphatic carbocycles. The van der Waals surface area contributed by atoms with Gasteiger partial charge in [0.25, 0.3) is 0 Å². The van der Waals surface area contributed by atoms with Gasteiger partial charge in [0.1, 0.15) is 11.5 Å². The SMILES string of the molecule is Cn1ccc2c(N3C[C@H]4C[C@@H](Nc5cnccn5)[C@H](O)C[C@H]4C3)ccnc21. The zero-order valence-electron chi connectivity index (χ0n) is 15.4. The van der Waals surface area contributed by atoms with Gasteiger partial charge in [-0.3, -0.25) is 4.98 Å². The smallest absolute Gasteiger partial charge is 0.144 e. The number of fused-ring (bicyclic) bond motifs is 2. The lowest BCUT2D eigenvalue weighted by Crippen LogP contribution is -2.43. The molecule has 0 unspecified atom stereocenters. The predicted molar refractivity (Wildman–Crippen MR) is 105 cm³/mol. The molecule has 0 spiro atoms. The predicted octanol–water partition coefficient (Wildman–Crippen LogP) is 2.05. The molecule has 1 saturated carbocycles. The average molecular weight is 364 g/mol. The molecule has 5 rings (SSSR count). The van der Waals surface area contributed by atoms with E-state index in [4.69, 9.17) is 0 Å². The molecular weight excluding hydrogens is 340 g/mol. The number of anilines is 2. The molecule has 0 aromatic carbocycles. The van der Waals surface area contributed by atoms with E-state index >= 15 is 0 Å². The normalized spacial score (nSPS) is 27.7. The molecule has 0 bridgehead atoms. The number of aryl methyl sites for hydroxylation is 1. The zero-order chi connectivity index (χ0) is 18.4. The topological polar surface area (TPSA) is 79.1 Å². The maximum Gasteiger partial charge on any atom is 0.144 e. The van der Waals surface area contributed by atoms with Crippen LogP contribution < -0.4 is 10.2 Å². The average Bonchev–Trinajstić information content (AvgIpc) is 3.26. The quantitative estimate of drug-likeness (QED) is 0.741. The Hall–Kier alpha value is -2.67. The lowest BCUT2D eigenvalue weighted by atomic mass is 9.77. The first kappa shape index (κ1) is 16.5. The van der Waals surface area contributed by atoms with Crippen molar-refractivity contribution in [1.82, 2.24) is 19.5 Å². The van der Waals surface area contributed by atoms with Crippen LogP contribution in [0.15, 0.2) is 43.1 Å². The third kappa shape index (κ3) is 2.92. The van der Waals surface area contributed by atoms with Gasteiger partial charge in [-0.25, -0.2) is 9.97 Å². The van der Waals surface area contributed by atoms with Crippen LogP contribution in [0.25, 0.3) is 11.0 Å². The molecule has 2 fully saturated rings. The minimum Gasteiger partial charge on any atom is -0.391 e. The largest absolute Gasteiger partial charge is 0.391 e. The third-order valence-electron chi connectivity index (χ3n) is 6.12. The Morgan fingerprint density at radius 1 is 1.07 bits per heavy atom. The maximum absolute atomic E-state index is 10.7. The van der Waals surface area contributed by atoms with Gasteiger partial charge in [0, 0.05) is 56.0 Å². The van der Waals surface area contributed by atoms with Gasteiger partial charge in [0.2, 0.25) is 0 Å². The Balaban J connectivity index is 1.35. The van der Waals surface area contributed by atoms with Crippen LogP contribution in [0.4, 0.5) is 11.5 Å². The van der Waals surface area contributed by atoms with Crippen LogP contribution in [0.5, 0.6) is 0 Å². The Kier molecular flexibility index (Phi) is 3.97. The molecular formula is C20H24N6O. The van der Waals surface area contributed by atoms with Crippen molar-refractivity contribution in [2.75, 3.05) is 23.3 Å². The Bertz CT molecular complexity index is 942. The molecule has 4 heterocycles. The first-order valence-corrected chi connectivity index (χ1v) is 9.54. The van der Waals surface area contributed by atoms with Crippen LogP contribution in [0.2, 0.25) is 0 Å². The molecule has 27 heavy (non-hydrogen) atoms. The highest BCUT2D eigenvalue weighted by Gasteiger charge is 2.42. The summed E-state index contributed by atoms with van der Waals surface area (Å²) in [5.41, 5.74) is 2.27. The van der Waals surface area contributed by atoms with Gasteiger partial charge in [-0.1, -0.05) is 0 Å². The van der Waals surface area contributed by atoms with Crippen LogP contribution >= 0.6 is 0 Å². The van der Waals surface area contributed by atoms with Crippen molar-refractivity contribution in [2.45, 2.75) is 25.0 Å². The fourth-order valence-electron chi connectivity index (χ4n) is 4.77. The number of rotatable bonds is 3. The summed E-state index contributed by atoms with van der Waals surface area (Å²) in [5, 5.41) is 15.2. The minimum atomic E-state index is -0.359. The van der Waals surface area contributed by atoms with Gasteiger partial charge in [-0.05, 0) is 36.8 Å². The molecule has 7 heteroatoms.